The molecular weight excluding hydrogens is 584 g/mol. The molecule has 6 rings (SSSR count). The SMILES string of the molecule is CC(=O)O[C@@H]1C2=C(C)[C@@H](O)C[C@@](O)([C@@H](OC(=O)c3ccccc3)[C@@H]3[C@]4(OC(C)=O)CO[C@@H]4C[C@@H]4OC(C)(C)O[C@@H]1[C@]43C)C2(C)C. The van der Waals surface area contributed by atoms with Crippen molar-refractivity contribution in [3.63, 3.8) is 0 Å². The molecule has 0 spiro atoms. The molecule has 10 atom stereocenters. The van der Waals surface area contributed by atoms with E-state index in [-0.39, 0.29) is 18.6 Å². The van der Waals surface area contributed by atoms with Gasteiger partial charge in [0.05, 0.1) is 30.3 Å². The number of carbonyl (C=O) groups is 3. The number of benzene rings is 1. The third kappa shape index (κ3) is 4.52. The fourth-order valence-corrected chi connectivity index (χ4v) is 9.14. The summed E-state index contributed by atoms with van der Waals surface area (Å²) in [6.07, 6.45) is -5.74. The van der Waals surface area contributed by atoms with Gasteiger partial charge >= 0.3 is 17.9 Å². The lowest BCUT2D eigenvalue weighted by atomic mass is 9.44. The molecule has 1 aromatic carbocycles. The van der Waals surface area contributed by atoms with Crippen molar-refractivity contribution in [3.8, 4) is 0 Å². The Morgan fingerprint density at radius 3 is 2.18 bits per heavy atom. The van der Waals surface area contributed by atoms with Gasteiger partial charge in [0.2, 0.25) is 0 Å². The molecule has 4 fully saturated rings. The van der Waals surface area contributed by atoms with Gasteiger partial charge in [-0.2, -0.15) is 0 Å². The second-order valence-electron chi connectivity index (χ2n) is 14.6. The van der Waals surface area contributed by atoms with Crippen LogP contribution in [0.15, 0.2) is 41.5 Å². The van der Waals surface area contributed by atoms with E-state index < -0.39 is 88.3 Å². The van der Waals surface area contributed by atoms with Gasteiger partial charge in [-0.15, -0.1) is 0 Å². The normalized spacial score (nSPS) is 42.5. The molecule has 2 saturated carbocycles. The smallest absolute Gasteiger partial charge is 0.338 e. The summed E-state index contributed by atoms with van der Waals surface area (Å²) in [5.41, 5.74) is -4.49. The second-order valence-corrected chi connectivity index (χ2v) is 14.6. The van der Waals surface area contributed by atoms with E-state index in [0.717, 1.165) is 0 Å². The molecule has 45 heavy (non-hydrogen) atoms. The zero-order valence-electron chi connectivity index (χ0n) is 27.1. The van der Waals surface area contributed by atoms with Gasteiger partial charge in [-0.25, -0.2) is 4.79 Å². The first-order valence-corrected chi connectivity index (χ1v) is 15.6. The summed E-state index contributed by atoms with van der Waals surface area (Å²) >= 11 is 0. The minimum Gasteiger partial charge on any atom is -0.455 e. The van der Waals surface area contributed by atoms with E-state index in [0.29, 0.717) is 17.6 Å². The Labute approximate surface area is 263 Å². The number of fused-ring (bicyclic) bond motifs is 4. The van der Waals surface area contributed by atoms with Gasteiger partial charge in [-0.3, -0.25) is 9.59 Å². The number of carbonyl (C=O) groups excluding carboxylic acids is 3. The van der Waals surface area contributed by atoms with Crippen molar-refractivity contribution in [1.29, 1.82) is 0 Å². The van der Waals surface area contributed by atoms with Crippen molar-refractivity contribution in [2.45, 2.75) is 122 Å². The van der Waals surface area contributed by atoms with Gasteiger partial charge < -0.3 is 38.6 Å². The Morgan fingerprint density at radius 1 is 0.933 bits per heavy atom. The number of hydrogen-bond donors (Lipinski definition) is 2. The topological polar surface area (TPSA) is 147 Å². The fourth-order valence-electron chi connectivity index (χ4n) is 9.14. The number of aliphatic hydroxyl groups excluding tert-OH is 1. The molecule has 0 unspecified atom stereocenters. The highest BCUT2D eigenvalue weighted by atomic mass is 16.7. The first kappa shape index (κ1) is 32.1. The average molecular weight is 629 g/mol. The molecule has 11 heteroatoms. The molecule has 246 valence electrons. The van der Waals surface area contributed by atoms with Crippen LogP contribution in [0.25, 0.3) is 0 Å². The largest absolute Gasteiger partial charge is 0.455 e. The lowest BCUT2D eigenvalue weighted by Crippen LogP contribution is -2.84. The zero-order chi connectivity index (χ0) is 32.9. The van der Waals surface area contributed by atoms with Crippen LogP contribution >= 0.6 is 0 Å². The van der Waals surface area contributed by atoms with Crippen LogP contribution in [-0.2, 0) is 38.0 Å². The summed E-state index contributed by atoms with van der Waals surface area (Å²) in [6, 6.07) is 8.42. The van der Waals surface area contributed by atoms with Crippen LogP contribution in [-0.4, -0.2) is 88.3 Å². The van der Waals surface area contributed by atoms with Gasteiger partial charge in [0.25, 0.3) is 0 Å². The molecule has 2 saturated heterocycles. The van der Waals surface area contributed by atoms with Crippen molar-refractivity contribution in [2.24, 2.45) is 16.7 Å². The molecule has 0 aromatic heterocycles. The van der Waals surface area contributed by atoms with Crippen molar-refractivity contribution >= 4 is 17.9 Å². The Kier molecular flexibility index (Phi) is 7.38. The van der Waals surface area contributed by atoms with E-state index in [2.05, 4.69) is 0 Å². The molecule has 0 radical (unpaired) electrons. The quantitative estimate of drug-likeness (QED) is 0.288. The molecule has 2 bridgehead atoms. The lowest BCUT2D eigenvalue weighted by Gasteiger charge is -2.71. The summed E-state index contributed by atoms with van der Waals surface area (Å²) in [7, 11) is 0. The zero-order valence-corrected chi connectivity index (χ0v) is 27.1. The molecular formula is C34H44O11. The van der Waals surface area contributed by atoms with Crippen LogP contribution in [0.3, 0.4) is 0 Å². The van der Waals surface area contributed by atoms with Crippen LogP contribution in [0.4, 0.5) is 0 Å². The van der Waals surface area contributed by atoms with Crippen molar-refractivity contribution in [1.82, 2.24) is 0 Å². The van der Waals surface area contributed by atoms with E-state index >= 15 is 0 Å². The number of aliphatic hydroxyl groups is 2. The predicted molar refractivity (Wildman–Crippen MR) is 158 cm³/mol. The number of rotatable bonds is 4. The summed E-state index contributed by atoms with van der Waals surface area (Å²) in [4.78, 5) is 39.6. The van der Waals surface area contributed by atoms with Crippen molar-refractivity contribution in [2.75, 3.05) is 6.61 Å². The van der Waals surface area contributed by atoms with Crippen LogP contribution in [0.1, 0.15) is 78.6 Å². The Hall–Kier alpha value is -2.83. The van der Waals surface area contributed by atoms with Crippen LogP contribution in [0, 0.1) is 16.7 Å². The summed E-state index contributed by atoms with van der Waals surface area (Å²) in [5.74, 6) is -3.99. The summed E-state index contributed by atoms with van der Waals surface area (Å²) < 4.78 is 38.2. The molecule has 2 aliphatic heterocycles. The molecule has 11 nitrogen and oxygen atoms in total. The minimum atomic E-state index is -1.95. The van der Waals surface area contributed by atoms with E-state index in [9.17, 15) is 24.6 Å². The van der Waals surface area contributed by atoms with Gasteiger partial charge in [0, 0.05) is 37.5 Å². The molecule has 5 aliphatic rings. The lowest BCUT2D eigenvalue weighted by molar-refractivity contribution is -0.430. The van der Waals surface area contributed by atoms with Crippen molar-refractivity contribution < 1.29 is 53.0 Å². The fraction of sp³-hybridized carbons (Fsp3) is 0.676. The maximum Gasteiger partial charge on any atom is 0.338 e. The minimum absolute atomic E-state index is 0.0290. The maximum absolute atomic E-state index is 14.0. The Morgan fingerprint density at radius 2 is 1.60 bits per heavy atom. The Balaban J connectivity index is 1.68. The van der Waals surface area contributed by atoms with Gasteiger partial charge in [0.1, 0.15) is 23.9 Å². The highest BCUT2D eigenvalue weighted by Crippen LogP contribution is 2.67. The van der Waals surface area contributed by atoms with E-state index in [4.69, 9.17) is 28.4 Å². The van der Waals surface area contributed by atoms with Crippen LogP contribution in [0.5, 0.6) is 0 Å². The standard InChI is InChI=1S/C34H44O11/c1-17-21(37)15-34(39)28(42-29(38)20-12-10-9-11-13-20)26-32(8)22(14-23-33(26,16-40-23)43-19(3)36)44-31(6,7)45-27(32)25(41-18(2)35)24(17)30(34,4)5/h9-13,21-23,25-28,37,39H,14-16H2,1-8H3/t21-,22-,23+,25+,26-,27-,28-,32+,33-,34+/m0/s1. The number of esters is 3. The van der Waals surface area contributed by atoms with Crippen LogP contribution < -0.4 is 0 Å². The molecule has 2 N–H and O–H groups in total. The highest BCUT2D eigenvalue weighted by Gasteiger charge is 2.80. The molecule has 3 aliphatic carbocycles. The van der Waals surface area contributed by atoms with E-state index in [1.54, 1.807) is 65.0 Å². The third-order valence-electron chi connectivity index (χ3n) is 11.2. The molecule has 2 heterocycles. The monoisotopic (exact) mass is 628 g/mol. The molecule has 1 aromatic rings. The van der Waals surface area contributed by atoms with Gasteiger partial charge in [0.15, 0.2) is 17.5 Å². The van der Waals surface area contributed by atoms with Gasteiger partial charge in [-0.05, 0) is 44.1 Å². The predicted octanol–water partition coefficient (Wildman–Crippen LogP) is 3.24. The first-order valence-electron chi connectivity index (χ1n) is 15.6. The summed E-state index contributed by atoms with van der Waals surface area (Å²) in [5, 5.41) is 24.7. The molecule has 0 amide bonds. The first-order chi connectivity index (χ1) is 20.9. The van der Waals surface area contributed by atoms with E-state index in [1.807, 2.05) is 6.92 Å². The van der Waals surface area contributed by atoms with Crippen LogP contribution in [0.2, 0.25) is 0 Å². The maximum atomic E-state index is 14.0. The Bertz CT molecular complexity index is 1430. The number of ether oxygens (including phenoxy) is 6. The third-order valence-corrected chi connectivity index (χ3v) is 11.2. The van der Waals surface area contributed by atoms with Gasteiger partial charge in [-0.1, -0.05) is 39.0 Å². The highest BCUT2D eigenvalue weighted by molar-refractivity contribution is 5.89. The van der Waals surface area contributed by atoms with E-state index in [1.165, 1.54) is 13.8 Å². The number of hydrogen-bond acceptors (Lipinski definition) is 11. The summed E-state index contributed by atoms with van der Waals surface area (Å²) in [6.45, 7) is 13.3. The average Bonchev–Trinajstić information content (AvgIpc) is 2.93. The second kappa shape index (κ2) is 10.3. The van der Waals surface area contributed by atoms with Crippen molar-refractivity contribution in [3.05, 3.63) is 47.0 Å².